The summed E-state index contributed by atoms with van der Waals surface area (Å²) in [6.45, 7) is 4.14. The first-order valence-electron chi connectivity index (χ1n) is 7.71. The molecule has 1 fully saturated rings. The molecule has 1 saturated heterocycles. The third-order valence-corrected chi connectivity index (χ3v) is 5.44. The Hall–Kier alpha value is -1.34. The molecular weight excluding hydrogens is 378 g/mol. The minimum atomic E-state index is -0.0603. The van der Waals surface area contributed by atoms with Crippen molar-refractivity contribution in [3.63, 3.8) is 0 Å². The van der Waals surface area contributed by atoms with Crippen LogP contribution in [-0.4, -0.2) is 39.2 Å². The molecule has 2 heterocycles. The number of carbonyl (C=O) groups is 1. The molecule has 7 heteroatoms. The standard InChI is InChI=1S/C16H18BrN3O2S/c1-2-20-15(22)12-9-11(17)5-6-13(12)18-16(20)23-10-14(21)19-7-3-4-8-19/h5-6,9H,2-4,7-8,10H2,1H3. The minimum Gasteiger partial charge on any atom is -0.342 e. The van der Waals surface area contributed by atoms with Gasteiger partial charge in [-0.05, 0) is 38.0 Å². The van der Waals surface area contributed by atoms with E-state index < -0.39 is 0 Å². The highest BCUT2D eigenvalue weighted by Gasteiger charge is 2.19. The number of carbonyl (C=O) groups excluding carboxylic acids is 1. The third kappa shape index (κ3) is 3.45. The van der Waals surface area contributed by atoms with Crippen molar-refractivity contribution in [2.45, 2.75) is 31.5 Å². The van der Waals surface area contributed by atoms with Gasteiger partial charge in [-0.15, -0.1) is 0 Å². The van der Waals surface area contributed by atoms with Gasteiger partial charge in [0.2, 0.25) is 5.91 Å². The molecule has 0 N–H and O–H groups in total. The fourth-order valence-electron chi connectivity index (χ4n) is 2.75. The van der Waals surface area contributed by atoms with Crippen molar-refractivity contribution in [2.24, 2.45) is 0 Å². The smallest absolute Gasteiger partial charge is 0.262 e. The van der Waals surface area contributed by atoms with Crippen LogP contribution in [0.15, 0.2) is 32.6 Å². The first-order valence-corrected chi connectivity index (χ1v) is 9.48. The third-order valence-electron chi connectivity index (χ3n) is 3.98. The Morgan fingerprint density at radius 2 is 2.09 bits per heavy atom. The first-order chi connectivity index (χ1) is 11.1. The summed E-state index contributed by atoms with van der Waals surface area (Å²) in [6.07, 6.45) is 2.17. The van der Waals surface area contributed by atoms with Crippen molar-refractivity contribution in [3.05, 3.63) is 33.0 Å². The number of fused-ring (bicyclic) bond motifs is 1. The molecular formula is C16H18BrN3O2S. The van der Waals surface area contributed by atoms with E-state index in [1.54, 1.807) is 10.6 Å². The highest BCUT2D eigenvalue weighted by Crippen LogP contribution is 2.21. The van der Waals surface area contributed by atoms with Crippen LogP contribution in [0.1, 0.15) is 19.8 Å². The summed E-state index contributed by atoms with van der Waals surface area (Å²) in [4.78, 5) is 31.3. The van der Waals surface area contributed by atoms with Crippen molar-refractivity contribution in [1.82, 2.24) is 14.5 Å². The van der Waals surface area contributed by atoms with E-state index in [4.69, 9.17) is 0 Å². The average Bonchev–Trinajstić information content (AvgIpc) is 3.08. The molecule has 0 bridgehead atoms. The SMILES string of the molecule is CCn1c(SCC(=O)N2CCCC2)nc2ccc(Br)cc2c1=O. The van der Waals surface area contributed by atoms with E-state index in [2.05, 4.69) is 20.9 Å². The Morgan fingerprint density at radius 1 is 1.35 bits per heavy atom. The van der Waals surface area contributed by atoms with E-state index >= 15 is 0 Å². The van der Waals surface area contributed by atoms with Crippen LogP contribution >= 0.6 is 27.7 Å². The highest BCUT2D eigenvalue weighted by atomic mass is 79.9. The molecule has 0 unspecified atom stereocenters. The van der Waals surface area contributed by atoms with Crippen LogP contribution in [0.2, 0.25) is 0 Å². The fourth-order valence-corrected chi connectivity index (χ4v) is 4.07. The highest BCUT2D eigenvalue weighted by molar-refractivity contribution is 9.10. The van der Waals surface area contributed by atoms with Crippen molar-refractivity contribution in [3.8, 4) is 0 Å². The summed E-state index contributed by atoms with van der Waals surface area (Å²) in [7, 11) is 0. The lowest BCUT2D eigenvalue weighted by molar-refractivity contribution is -0.127. The quantitative estimate of drug-likeness (QED) is 0.589. The van der Waals surface area contributed by atoms with Gasteiger partial charge >= 0.3 is 0 Å². The van der Waals surface area contributed by atoms with Crippen LogP contribution in [0.25, 0.3) is 10.9 Å². The number of likely N-dealkylation sites (tertiary alicyclic amines) is 1. The largest absolute Gasteiger partial charge is 0.342 e. The number of thioether (sulfide) groups is 1. The average molecular weight is 396 g/mol. The Kier molecular flexibility index (Phi) is 5.06. The minimum absolute atomic E-state index is 0.0603. The number of hydrogen-bond acceptors (Lipinski definition) is 4. The zero-order chi connectivity index (χ0) is 16.4. The van der Waals surface area contributed by atoms with Crippen molar-refractivity contribution in [2.75, 3.05) is 18.8 Å². The van der Waals surface area contributed by atoms with Gasteiger partial charge in [0.15, 0.2) is 5.16 Å². The van der Waals surface area contributed by atoms with E-state index in [0.717, 1.165) is 30.4 Å². The van der Waals surface area contributed by atoms with E-state index in [1.807, 2.05) is 24.0 Å². The van der Waals surface area contributed by atoms with Crippen LogP contribution in [0, 0.1) is 0 Å². The Balaban J connectivity index is 1.89. The first kappa shape index (κ1) is 16.5. The summed E-state index contributed by atoms with van der Waals surface area (Å²) in [6, 6.07) is 5.49. The second-order valence-electron chi connectivity index (χ2n) is 5.48. The predicted molar refractivity (Wildman–Crippen MR) is 95.9 cm³/mol. The van der Waals surface area contributed by atoms with E-state index in [0.29, 0.717) is 28.4 Å². The predicted octanol–water partition coefficient (Wildman–Crippen LogP) is 2.89. The molecule has 0 aliphatic carbocycles. The van der Waals surface area contributed by atoms with Gasteiger partial charge < -0.3 is 4.90 Å². The van der Waals surface area contributed by atoms with Crippen LogP contribution in [0.4, 0.5) is 0 Å². The van der Waals surface area contributed by atoms with Gasteiger partial charge in [-0.25, -0.2) is 4.98 Å². The topological polar surface area (TPSA) is 55.2 Å². The van der Waals surface area contributed by atoms with Crippen molar-refractivity contribution < 1.29 is 4.79 Å². The summed E-state index contributed by atoms with van der Waals surface area (Å²) in [5, 5.41) is 1.20. The van der Waals surface area contributed by atoms with E-state index in [1.165, 1.54) is 11.8 Å². The molecule has 1 aromatic carbocycles. The molecule has 5 nitrogen and oxygen atoms in total. The molecule has 23 heavy (non-hydrogen) atoms. The van der Waals surface area contributed by atoms with Gasteiger partial charge in [0.1, 0.15) is 0 Å². The fraction of sp³-hybridized carbons (Fsp3) is 0.438. The second kappa shape index (κ2) is 7.05. The number of amides is 1. The van der Waals surface area contributed by atoms with E-state index in [-0.39, 0.29) is 11.5 Å². The lowest BCUT2D eigenvalue weighted by Crippen LogP contribution is -2.30. The number of benzene rings is 1. The molecule has 2 aromatic rings. The van der Waals surface area contributed by atoms with Gasteiger partial charge in [0.05, 0.1) is 16.7 Å². The number of aromatic nitrogens is 2. The molecule has 122 valence electrons. The molecule has 0 atom stereocenters. The summed E-state index contributed by atoms with van der Waals surface area (Å²) >= 11 is 4.74. The molecule has 0 spiro atoms. The normalized spacial score (nSPS) is 14.6. The molecule has 1 aliphatic heterocycles. The summed E-state index contributed by atoms with van der Waals surface area (Å²) in [5.41, 5.74) is 0.606. The molecule has 0 saturated carbocycles. The Morgan fingerprint density at radius 3 is 2.78 bits per heavy atom. The van der Waals surface area contributed by atoms with Crippen LogP contribution in [-0.2, 0) is 11.3 Å². The molecule has 0 radical (unpaired) electrons. The number of nitrogens with zero attached hydrogens (tertiary/aromatic N) is 3. The Labute approximate surface area is 147 Å². The van der Waals surface area contributed by atoms with E-state index in [9.17, 15) is 9.59 Å². The van der Waals surface area contributed by atoms with Crippen LogP contribution in [0.3, 0.4) is 0 Å². The Bertz CT molecular complexity index is 800. The second-order valence-corrected chi connectivity index (χ2v) is 7.34. The maximum Gasteiger partial charge on any atom is 0.262 e. The monoisotopic (exact) mass is 395 g/mol. The molecule has 1 aliphatic rings. The van der Waals surface area contributed by atoms with Crippen molar-refractivity contribution in [1.29, 1.82) is 0 Å². The number of hydrogen-bond donors (Lipinski definition) is 0. The maximum atomic E-state index is 12.6. The van der Waals surface area contributed by atoms with Crippen molar-refractivity contribution >= 4 is 44.5 Å². The number of rotatable bonds is 4. The lowest BCUT2D eigenvalue weighted by Gasteiger charge is -2.16. The van der Waals surface area contributed by atoms with Gasteiger partial charge in [-0.1, -0.05) is 27.7 Å². The van der Waals surface area contributed by atoms with Crippen LogP contribution < -0.4 is 5.56 Å². The summed E-state index contributed by atoms with van der Waals surface area (Å²) < 4.78 is 2.49. The maximum absolute atomic E-state index is 12.6. The molecule has 1 amide bonds. The molecule has 3 rings (SSSR count). The van der Waals surface area contributed by atoms with Gasteiger partial charge in [-0.3, -0.25) is 14.2 Å². The summed E-state index contributed by atoms with van der Waals surface area (Å²) in [5.74, 6) is 0.453. The van der Waals surface area contributed by atoms with Gasteiger partial charge in [0.25, 0.3) is 5.56 Å². The van der Waals surface area contributed by atoms with Gasteiger partial charge in [-0.2, -0.15) is 0 Å². The zero-order valence-electron chi connectivity index (χ0n) is 12.9. The number of halogens is 1. The van der Waals surface area contributed by atoms with Crippen LogP contribution in [0.5, 0.6) is 0 Å². The lowest BCUT2D eigenvalue weighted by atomic mass is 10.2. The zero-order valence-corrected chi connectivity index (χ0v) is 15.3. The van der Waals surface area contributed by atoms with Gasteiger partial charge in [0, 0.05) is 24.1 Å². The molecule has 1 aromatic heterocycles.